The standard InChI is InChI=1S/C14H21NO2/c1-2-17-14-10-12(6-7-13(14)16)11-15-8-4-3-5-9-15/h6-7,10,16H,2-5,8-9,11H2,1H3. The predicted molar refractivity (Wildman–Crippen MR) is 68.4 cm³/mol. The van der Waals surface area contributed by atoms with E-state index in [9.17, 15) is 5.11 Å². The van der Waals surface area contributed by atoms with E-state index in [4.69, 9.17) is 4.74 Å². The van der Waals surface area contributed by atoms with Crippen LogP contribution in [0.1, 0.15) is 31.7 Å². The summed E-state index contributed by atoms with van der Waals surface area (Å²) in [6, 6.07) is 5.66. The zero-order valence-electron chi connectivity index (χ0n) is 10.5. The Kier molecular flexibility index (Phi) is 4.26. The molecule has 1 aliphatic heterocycles. The fourth-order valence-electron chi connectivity index (χ4n) is 2.30. The molecule has 2 rings (SSSR count). The second kappa shape index (κ2) is 5.92. The van der Waals surface area contributed by atoms with Gasteiger partial charge in [-0.2, -0.15) is 0 Å². The second-order valence-corrected chi connectivity index (χ2v) is 4.57. The Morgan fingerprint density at radius 1 is 1.24 bits per heavy atom. The monoisotopic (exact) mass is 235 g/mol. The Bertz CT molecular complexity index is 359. The van der Waals surface area contributed by atoms with Crippen LogP contribution in [-0.2, 0) is 6.54 Å². The van der Waals surface area contributed by atoms with Crippen molar-refractivity contribution >= 4 is 0 Å². The first-order valence-electron chi connectivity index (χ1n) is 6.46. The molecule has 0 aromatic heterocycles. The molecular formula is C14H21NO2. The van der Waals surface area contributed by atoms with Gasteiger partial charge >= 0.3 is 0 Å². The molecule has 0 saturated carbocycles. The number of nitrogens with zero attached hydrogens (tertiary/aromatic N) is 1. The van der Waals surface area contributed by atoms with Gasteiger partial charge in [0.1, 0.15) is 0 Å². The van der Waals surface area contributed by atoms with Gasteiger partial charge in [0.15, 0.2) is 11.5 Å². The molecule has 1 heterocycles. The van der Waals surface area contributed by atoms with E-state index in [0.717, 1.165) is 6.54 Å². The molecule has 1 N–H and O–H groups in total. The summed E-state index contributed by atoms with van der Waals surface area (Å²) < 4.78 is 5.40. The van der Waals surface area contributed by atoms with Gasteiger partial charge in [-0.15, -0.1) is 0 Å². The molecule has 17 heavy (non-hydrogen) atoms. The zero-order valence-corrected chi connectivity index (χ0v) is 10.5. The van der Waals surface area contributed by atoms with E-state index in [1.54, 1.807) is 6.07 Å². The highest BCUT2D eigenvalue weighted by molar-refractivity contribution is 5.41. The Labute approximate surface area is 103 Å². The molecule has 1 aromatic rings. The minimum absolute atomic E-state index is 0.231. The number of aromatic hydroxyl groups is 1. The van der Waals surface area contributed by atoms with E-state index in [0.29, 0.717) is 12.4 Å². The van der Waals surface area contributed by atoms with E-state index in [1.165, 1.54) is 37.9 Å². The number of benzene rings is 1. The fraction of sp³-hybridized carbons (Fsp3) is 0.571. The van der Waals surface area contributed by atoms with Gasteiger partial charge in [-0.25, -0.2) is 0 Å². The third-order valence-electron chi connectivity index (χ3n) is 3.18. The van der Waals surface area contributed by atoms with Crippen LogP contribution >= 0.6 is 0 Å². The molecule has 0 unspecified atom stereocenters. The number of hydrogen-bond acceptors (Lipinski definition) is 3. The zero-order chi connectivity index (χ0) is 12.1. The summed E-state index contributed by atoms with van der Waals surface area (Å²) in [5, 5.41) is 9.63. The van der Waals surface area contributed by atoms with Crippen LogP contribution in [0.3, 0.4) is 0 Å². The molecule has 0 atom stereocenters. The van der Waals surface area contributed by atoms with Crippen molar-refractivity contribution in [2.45, 2.75) is 32.7 Å². The first-order valence-corrected chi connectivity index (χ1v) is 6.46. The number of phenols is 1. The average Bonchev–Trinajstić information content (AvgIpc) is 2.35. The lowest BCUT2D eigenvalue weighted by atomic mass is 10.1. The van der Waals surface area contributed by atoms with E-state index in [-0.39, 0.29) is 5.75 Å². The van der Waals surface area contributed by atoms with Gasteiger partial charge in [-0.05, 0) is 50.6 Å². The minimum Gasteiger partial charge on any atom is -0.504 e. The predicted octanol–water partition coefficient (Wildman–Crippen LogP) is 2.78. The quantitative estimate of drug-likeness (QED) is 0.871. The smallest absolute Gasteiger partial charge is 0.161 e. The Balaban J connectivity index is 2.02. The summed E-state index contributed by atoms with van der Waals surface area (Å²) >= 11 is 0. The topological polar surface area (TPSA) is 32.7 Å². The van der Waals surface area contributed by atoms with Gasteiger partial charge in [0.25, 0.3) is 0 Å². The number of piperidine rings is 1. The van der Waals surface area contributed by atoms with E-state index < -0.39 is 0 Å². The molecule has 0 amide bonds. The van der Waals surface area contributed by atoms with Crippen LogP contribution in [-0.4, -0.2) is 29.7 Å². The lowest BCUT2D eigenvalue weighted by molar-refractivity contribution is 0.220. The van der Waals surface area contributed by atoms with Crippen molar-refractivity contribution in [3.05, 3.63) is 23.8 Å². The van der Waals surface area contributed by atoms with Crippen LogP contribution in [0.5, 0.6) is 11.5 Å². The fourth-order valence-corrected chi connectivity index (χ4v) is 2.30. The lowest BCUT2D eigenvalue weighted by Gasteiger charge is -2.26. The summed E-state index contributed by atoms with van der Waals surface area (Å²) in [6.07, 6.45) is 3.96. The van der Waals surface area contributed by atoms with E-state index in [2.05, 4.69) is 4.90 Å². The van der Waals surface area contributed by atoms with Crippen LogP contribution < -0.4 is 4.74 Å². The van der Waals surface area contributed by atoms with Crippen molar-refractivity contribution in [2.75, 3.05) is 19.7 Å². The summed E-state index contributed by atoms with van der Waals surface area (Å²) in [7, 11) is 0. The number of phenolic OH excluding ortho intramolecular Hbond substituents is 1. The molecule has 1 fully saturated rings. The molecule has 3 heteroatoms. The highest BCUT2D eigenvalue weighted by Crippen LogP contribution is 2.27. The van der Waals surface area contributed by atoms with Gasteiger partial charge in [-0.1, -0.05) is 12.5 Å². The minimum atomic E-state index is 0.231. The maximum absolute atomic E-state index is 9.63. The molecule has 0 radical (unpaired) electrons. The normalized spacial score (nSPS) is 17.0. The second-order valence-electron chi connectivity index (χ2n) is 4.57. The van der Waals surface area contributed by atoms with Crippen LogP contribution in [0, 0.1) is 0 Å². The van der Waals surface area contributed by atoms with Crippen molar-refractivity contribution in [1.82, 2.24) is 4.90 Å². The van der Waals surface area contributed by atoms with Crippen molar-refractivity contribution < 1.29 is 9.84 Å². The highest BCUT2D eigenvalue weighted by Gasteiger charge is 2.11. The maximum Gasteiger partial charge on any atom is 0.161 e. The Hall–Kier alpha value is -1.22. The first-order chi connectivity index (χ1) is 8.29. The molecular weight excluding hydrogens is 214 g/mol. The highest BCUT2D eigenvalue weighted by atomic mass is 16.5. The van der Waals surface area contributed by atoms with Gasteiger partial charge in [0, 0.05) is 6.54 Å². The number of ether oxygens (including phenoxy) is 1. The molecule has 1 aromatic carbocycles. The molecule has 94 valence electrons. The van der Waals surface area contributed by atoms with Crippen molar-refractivity contribution in [3.63, 3.8) is 0 Å². The Morgan fingerprint density at radius 2 is 2.00 bits per heavy atom. The summed E-state index contributed by atoms with van der Waals surface area (Å²) in [4.78, 5) is 2.46. The molecule has 0 spiro atoms. The Morgan fingerprint density at radius 3 is 2.71 bits per heavy atom. The maximum atomic E-state index is 9.63. The average molecular weight is 235 g/mol. The molecule has 1 aliphatic rings. The van der Waals surface area contributed by atoms with Crippen LogP contribution in [0.25, 0.3) is 0 Å². The van der Waals surface area contributed by atoms with Gasteiger partial charge in [0.2, 0.25) is 0 Å². The third-order valence-corrected chi connectivity index (χ3v) is 3.18. The van der Waals surface area contributed by atoms with Crippen molar-refractivity contribution in [2.24, 2.45) is 0 Å². The lowest BCUT2D eigenvalue weighted by Crippen LogP contribution is -2.29. The largest absolute Gasteiger partial charge is 0.504 e. The summed E-state index contributed by atoms with van der Waals surface area (Å²) in [6.45, 7) is 5.84. The number of rotatable bonds is 4. The van der Waals surface area contributed by atoms with Crippen molar-refractivity contribution in [1.29, 1.82) is 0 Å². The van der Waals surface area contributed by atoms with Gasteiger partial charge < -0.3 is 9.84 Å². The van der Waals surface area contributed by atoms with Crippen LogP contribution in [0.4, 0.5) is 0 Å². The van der Waals surface area contributed by atoms with Crippen LogP contribution in [0.2, 0.25) is 0 Å². The third kappa shape index (κ3) is 3.37. The summed E-state index contributed by atoms with van der Waals surface area (Å²) in [5.74, 6) is 0.830. The van der Waals surface area contributed by atoms with Gasteiger partial charge in [-0.3, -0.25) is 4.90 Å². The molecule has 0 aliphatic carbocycles. The molecule has 3 nitrogen and oxygen atoms in total. The van der Waals surface area contributed by atoms with E-state index in [1.807, 2.05) is 19.1 Å². The molecule has 0 bridgehead atoms. The van der Waals surface area contributed by atoms with Crippen molar-refractivity contribution in [3.8, 4) is 11.5 Å². The van der Waals surface area contributed by atoms with Gasteiger partial charge in [0.05, 0.1) is 6.61 Å². The number of likely N-dealkylation sites (tertiary alicyclic amines) is 1. The van der Waals surface area contributed by atoms with E-state index >= 15 is 0 Å². The van der Waals surface area contributed by atoms with Crippen LogP contribution in [0.15, 0.2) is 18.2 Å². The summed E-state index contributed by atoms with van der Waals surface area (Å²) in [5.41, 5.74) is 1.22. The number of hydrogen-bond donors (Lipinski definition) is 1. The molecule has 1 saturated heterocycles. The SMILES string of the molecule is CCOc1cc(CN2CCCCC2)ccc1O. The first kappa shape index (κ1) is 12.2.